The molecule has 1 rings (SSSR count). The largest absolute Gasteiger partial charge is 0.313 e. The molecule has 96 valence electrons. The van der Waals surface area contributed by atoms with Gasteiger partial charge in [-0.05, 0) is 37.2 Å². The summed E-state index contributed by atoms with van der Waals surface area (Å²) in [6.45, 7) is 5.14. The van der Waals surface area contributed by atoms with Gasteiger partial charge in [0, 0.05) is 21.7 Å². The summed E-state index contributed by atoms with van der Waals surface area (Å²) >= 11 is 5.81. The van der Waals surface area contributed by atoms with E-state index in [1.165, 1.54) is 0 Å². The van der Waals surface area contributed by atoms with Gasteiger partial charge < -0.3 is 5.32 Å². The quantitative estimate of drug-likeness (QED) is 0.826. The first-order valence-electron chi connectivity index (χ1n) is 6.04. The van der Waals surface area contributed by atoms with E-state index in [0.717, 1.165) is 24.3 Å². The van der Waals surface area contributed by atoms with Crippen molar-refractivity contribution in [1.29, 1.82) is 0 Å². The van der Waals surface area contributed by atoms with Crippen LogP contribution in [0.3, 0.4) is 0 Å². The highest BCUT2D eigenvalue weighted by atomic mass is 35.5. The third-order valence-electron chi connectivity index (χ3n) is 2.56. The lowest BCUT2D eigenvalue weighted by molar-refractivity contribution is 0.525. The van der Waals surface area contributed by atoms with Crippen LogP contribution < -0.4 is 5.32 Å². The predicted molar refractivity (Wildman–Crippen MR) is 75.1 cm³/mol. The molecule has 0 amide bonds. The topological polar surface area (TPSA) is 29.1 Å². The van der Waals surface area contributed by atoms with Gasteiger partial charge in [-0.15, -0.1) is 0 Å². The van der Waals surface area contributed by atoms with Crippen LogP contribution in [-0.2, 0) is 10.8 Å². The van der Waals surface area contributed by atoms with Crippen LogP contribution in [0.25, 0.3) is 0 Å². The first-order chi connectivity index (χ1) is 8.17. The Morgan fingerprint density at radius 3 is 2.47 bits per heavy atom. The van der Waals surface area contributed by atoms with Gasteiger partial charge in [0.2, 0.25) is 0 Å². The summed E-state index contributed by atoms with van der Waals surface area (Å²) in [5.74, 6) is 0.670. The summed E-state index contributed by atoms with van der Waals surface area (Å²) in [6, 6.07) is 7.59. The van der Waals surface area contributed by atoms with Gasteiger partial charge in [0.25, 0.3) is 0 Å². The number of halogens is 1. The van der Waals surface area contributed by atoms with Gasteiger partial charge in [0.15, 0.2) is 0 Å². The van der Waals surface area contributed by atoms with Crippen LogP contribution in [-0.4, -0.2) is 22.5 Å². The van der Waals surface area contributed by atoms with Crippen molar-refractivity contribution in [2.24, 2.45) is 0 Å². The zero-order chi connectivity index (χ0) is 12.7. The van der Waals surface area contributed by atoms with Crippen molar-refractivity contribution in [3.05, 3.63) is 29.3 Å². The number of benzene rings is 1. The Balaban J connectivity index is 2.60. The van der Waals surface area contributed by atoms with E-state index in [-0.39, 0.29) is 0 Å². The van der Waals surface area contributed by atoms with Crippen molar-refractivity contribution < 1.29 is 4.21 Å². The second kappa shape index (κ2) is 7.85. The summed E-state index contributed by atoms with van der Waals surface area (Å²) in [5, 5.41) is 4.06. The van der Waals surface area contributed by atoms with Crippen molar-refractivity contribution in [2.45, 2.75) is 37.6 Å². The van der Waals surface area contributed by atoms with Gasteiger partial charge in [-0.2, -0.15) is 0 Å². The van der Waals surface area contributed by atoms with Crippen LogP contribution in [0.2, 0.25) is 5.02 Å². The van der Waals surface area contributed by atoms with Gasteiger partial charge in [-0.3, -0.25) is 4.21 Å². The smallest absolute Gasteiger partial charge is 0.0545 e. The third-order valence-corrected chi connectivity index (χ3v) is 4.31. The molecule has 0 saturated carbocycles. The maximum Gasteiger partial charge on any atom is 0.0545 e. The molecule has 0 bridgehead atoms. The highest BCUT2D eigenvalue weighted by Crippen LogP contribution is 2.14. The summed E-state index contributed by atoms with van der Waals surface area (Å²) in [7, 11) is -0.946. The summed E-state index contributed by atoms with van der Waals surface area (Å²) in [5.41, 5.74) is 0. The lowest BCUT2D eigenvalue weighted by Crippen LogP contribution is -2.33. The summed E-state index contributed by atoms with van der Waals surface area (Å²) in [6.07, 6.45) is 2.17. The van der Waals surface area contributed by atoms with E-state index in [0.29, 0.717) is 16.8 Å². The first kappa shape index (κ1) is 14.7. The van der Waals surface area contributed by atoms with Crippen molar-refractivity contribution in [1.82, 2.24) is 5.32 Å². The fourth-order valence-electron chi connectivity index (χ4n) is 1.75. The molecular weight excluding hydrogens is 254 g/mol. The van der Waals surface area contributed by atoms with Crippen LogP contribution in [0, 0.1) is 0 Å². The SMILES string of the molecule is CCCC(CS(=O)c1ccc(Cl)cc1)NCC. The van der Waals surface area contributed by atoms with E-state index >= 15 is 0 Å². The lowest BCUT2D eigenvalue weighted by atomic mass is 10.2. The zero-order valence-corrected chi connectivity index (χ0v) is 12.0. The molecule has 2 atom stereocenters. The molecule has 0 aliphatic rings. The molecule has 0 spiro atoms. The Bertz CT molecular complexity index is 347. The Kier molecular flexibility index (Phi) is 6.78. The molecule has 0 aromatic heterocycles. The molecule has 0 aliphatic heterocycles. The molecule has 1 aromatic rings. The van der Waals surface area contributed by atoms with Crippen LogP contribution in [0.1, 0.15) is 26.7 Å². The molecule has 4 heteroatoms. The zero-order valence-electron chi connectivity index (χ0n) is 10.4. The fraction of sp³-hybridized carbons (Fsp3) is 0.538. The monoisotopic (exact) mass is 273 g/mol. The Hall–Kier alpha value is -0.380. The van der Waals surface area contributed by atoms with E-state index in [2.05, 4.69) is 19.2 Å². The minimum absolute atomic E-state index is 0.335. The van der Waals surface area contributed by atoms with E-state index in [1.807, 2.05) is 12.1 Å². The molecule has 2 nitrogen and oxygen atoms in total. The minimum Gasteiger partial charge on any atom is -0.313 e. The molecular formula is C13H20ClNOS. The summed E-state index contributed by atoms with van der Waals surface area (Å²) in [4.78, 5) is 0.855. The van der Waals surface area contributed by atoms with Crippen LogP contribution in [0.15, 0.2) is 29.2 Å². The van der Waals surface area contributed by atoms with Gasteiger partial charge in [0.1, 0.15) is 0 Å². The molecule has 17 heavy (non-hydrogen) atoms. The molecule has 0 saturated heterocycles. The molecule has 1 aromatic carbocycles. The Labute approximate surface area is 111 Å². The third kappa shape index (κ3) is 5.19. The summed E-state index contributed by atoms with van der Waals surface area (Å²) < 4.78 is 12.1. The average molecular weight is 274 g/mol. The van der Waals surface area contributed by atoms with Crippen molar-refractivity contribution >= 4 is 22.4 Å². The maximum absolute atomic E-state index is 12.1. The first-order valence-corrected chi connectivity index (χ1v) is 7.74. The predicted octanol–water partition coefficient (Wildman–Crippen LogP) is 3.23. The molecule has 0 fully saturated rings. The van der Waals surface area contributed by atoms with E-state index in [9.17, 15) is 4.21 Å². The number of hydrogen-bond donors (Lipinski definition) is 1. The maximum atomic E-state index is 12.1. The van der Waals surface area contributed by atoms with Crippen molar-refractivity contribution in [3.8, 4) is 0 Å². The highest BCUT2D eigenvalue weighted by Gasteiger charge is 2.12. The second-order valence-electron chi connectivity index (χ2n) is 4.01. The molecule has 0 radical (unpaired) electrons. The number of rotatable bonds is 7. The molecule has 2 unspecified atom stereocenters. The number of nitrogens with one attached hydrogen (secondary N) is 1. The fourth-order valence-corrected chi connectivity index (χ4v) is 3.15. The van der Waals surface area contributed by atoms with Crippen LogP contribution in [0.4, 0.5) is 0 Å². The Morgan fingerprint density at radius 2 is 1.94 bits per heavy atom. The van der Waals surface area contributed by atoms with E-state index in [4.69, 9.17) is 11.6 Å². The minimum atomic E-state index is -0.946. The van der Waals surface area contributed by atoms with Gasteiger partial charge in [-0.1, -0.05) is 31.9 Å². The van der Waals surface area contributed by atoms with Crippen LogP contribution >= 0.6 is 11.6 Å². The molecule has 1 N–H and O–H groups in total. The number of hydrogen-bond acceptors (Lipinski definition) is 2. The second-order valence-corrected chi connectivity index (χ2v) is 5.94. The van der Waals surface area contributed by atoms with Crippen molar-refractivity contribution in [2.75, 3.05) is 12.3 Å². The molecule has 0 heterocycles. The average Bonchev–Trinajstić information content (AvgIpc) is 2.30. The Morgan fingerprint density at radius 1 is 1.29 bits per heavy atom. The van der Waals surface area contributed by atoms with E-state index in [1.54, 1.807) is 12.1 Å². The van der Waals surface area contributed by atoms with Gasteiger partial charge >= 0.3 is 0 Å². The highest BCUT2D eigenvalue weighted by molar-refractivity contribution is 7.85. The van der Waals surface area contributed by atoms with E-state index < -0.39 is 10.8 Å². The lowest BCUT2D eigenvalue weighted by Gasteiger charge is -2.16. The van der Waals surface area contributed by atoms with Gasteiger partial charge in [-0.25, -0.2) is 0 Å². The standard InChI is InChI=1S/C13H20ClNOS/c1-3-5-12(15-4-2)10-17(16)13-8-6-11(14)7-9-13/h6-9,12,15H,3-5,10H2,1-2H3. The molecule has 0 aliphatic carbocycles. The normalized spacial score (nSPS) is 14.5. The van der Waals surface area contributed by atoms with Crippen LogP contribution in [0.5, 0.6) is 0 Å². The van der Waals surface area contributed by atoms with Crippen molar-refractivity contribution in [3.63, 3.8) is 0 Å². The van der Waals surface area contributed by atoms with Gasteiger partial charge in [0.05, 0.1) is 10.8 Å².